The molecule has 0 bridgehead atoms. The zero-order valence-corrected chi connectivity index (χ0v) is 20.8. The molecule has 0 aliphatic rings. The van der Waals surface area contributed by atoms with Gasteiger partial charge in [0, 0.05) is 16.6 Å². The average molecular weight is 488 g/mol. The Morgan fingerprint density at radius 3 is 1.68 bits per heavy atom. The quantitative estimate of drug-likeness (QED) is 0.261. The van der Waals surface area contributed by atoms with Crippen molar-refractivity contribution in [3.63, 3.8) is 0 Å². The lowest BCUT2D eigenvalue weighted by atomic mass is 9.97. The molecule has 0 aliphatic heterocycles. The van der Waals surface area contributed by atoms with Gasteiger partial charge in [0.25, 0.3) is 0 Å². The van der Waals surface area contributed by atoms with Crippen LogP contribution in [-0.4, -0.2) is 0 Å². The molecule has 0 saturated carbocycles. The van der Waals surface area contributed by atoms with Crippen molar-refractivity contribution >= 4 is 33.3 Å². The minimum absolute atomic E-state index is 0.873. The Hall–Kier alpha value is -5.08. The minimum atomic E-state index is 0.873. The molecule has 0 unspecified atom stereocenters. The van der Waals surface area contributed by atoms with Crippen LogP contribution < -0.4 is 5.32 Å². The van der Waals surface area contributed by atoms with E-state index in [1.807, 2.05) is 18.2 Å². The second-order valence-electron chi connectivity index (χ2n) is 9.48. The summed E-state index contributed by atoms with van der Waals surface area (Å²) >= 11 is 0. The largest absolute Gasteiger partial charge is 0.456 e. The van der Waals surface area contributed by atoms with Crippen LogP contribution in [0.15, 0.2) is 150 Å². The van der Waals surface area contributed by atoms with Gasteiger partial charge in [-0.05, 0) is 64.2 Å². The molecular weight excluding hydrogens is 462 g/mol. The number of anilines is 2. The van der Waals surface area contributed by atoms with Crippen molar-refractivity contribution in [1.82, 2.24) is 0 Å². The van der Waals surface area contributed by atoms with Gasteiger partial charge in [-0.25, -0.2) is 0 Å². The van der Waals surface area contributed by atoms with Crippen molar-refractivity contribution in [3.05, 3.63) is 146 Å². The van der Waals surface area contributed by atoms with E-state index >= 15 is 0 Å². The van der Waals surface area contributed by atoms with Crippen LogP contribution in [0.1, 0.15) is 0 Å². The van der Waals surface area contributed by atoms with Gasteiger partial charge in [-0.2, -0.15) is 0 Å². The smallest absolute Gasteiger partial charge is 0.137 e. The molecule has 7 rings (SSSR count). The summed E-state index contributed by atoms with van der Waals surface area (Å²) in [5.41, 5.74) is 10.9. The predicted molar refractivity (Wildman–Crippen MR) is 160 cm³/mol. The lowest BCUT2D eigenvalue weighted by molar-refractivity contribution is 0.669. The maximum Gasteiger partial charge on any atom is 0.137 e. The Morgan fingerprint density at radius 2 is 1.00 bits per heavy atom. The van der Waals surface area contributed by atoms with Gasteiger partial charge >= 0.3 is 0 Å². The standard InChI is InChI=1S/C36H25NO/c1-4-11-25(12-5-1)28-19-21-32(30(23-28)27-15-8-3-9-16-27)37-33-17-10-18-35-36(33)31-24-29(20-22-34(31)38-35)26-13-6-2-7-14-26/h1-24,37H. The minimum Gasteiger partial charge on any atom is -0.456 e. The molecule has 0 spiro atoms. The summed E-state index contributed by atoms with van der Waals surface area (Å²) < 4.78 is 6.27. The number of benzene rings is 6. The van der Waals surface area contributed by atoms with Crippen LogP contribution in [0.5, 0.6) is 0 Å². The number of hydrogen-bond donors (Lipinski definition) is 1. The highest BCUT2D eigenvalue weighted by atomic mass is 16.3. The molecule has 0 amide bonds. The summed E-state index contributed by atoms with van der Waals surface area (Å²) in [5, 5.41) is 5.96. The molecule has 7 aromatic rings. The molecule has 0 saturated heterocycles. The number of nitrogens with one attached hydrogen (secondary N) is 1. The zero-order chi connectivity index (χ0) is 25.3. The topological polar surface area (TPSA) is 25.2 Å². The van der Waals surface area contributed by atoms with Crippen molar-refractivity contribution in [3.8, 4) is 33.4 Å². The summed E-state index contributed by atoms with van der Waals surface area (Å²) in [4.78, 5) is 0. The molecule has 0 aliphatic carbocycles. The first-order chi connectivity index (χ1) is 18.8. The number of rotatable bonds is 5. The van der Waals surface area contributed by atoms with Crippen molar-refractivity contribution in [2.24, 2.45) is 0 Å². The van der Waals surface area contributed by atoms with Crippen molar-refractivity contribution in [2.45, 2.75) is 0 Å². The van der Waals surface area contributed by atoms with Crippen LogP contribution in [0.3, 0.4) is 0 Å². The van der Waals surface area contributed by atoms with Crippen LogP contribution in [0, 0.1) is 0 Å². The summed E-state index contributed by atoms with van der Waals surface area (Å²) in [6, 6.07) is 50.8. The first-order valence-electron chi connectivity index (χ1n) is 12.9. The van der Waals surface area contributed by atoms with E-state index in [1.165, 1.54) is 27.8 Å². The highest BCUT2D eigenvalue weighted by Crippen LogP contribution is 2.40. The molecule has 0 radical (unpaired) electrons. The van der Waals surface area contributed by atoms with Crippen LogP contribution in [-0.2, 0) is 0 Å². The van der Waals surface area contributed by atoms with Gasteiger partial charge in [0.1, 0.15) is 11.2 Å². The first-order valence-corrected chi connectivity index (χ1v) is 12.9. The Balaban J connectivity index is 1.38. The fourth-order valence-electron chi connectivity index (χ4n) is 5.21. The lowest BCUT2D eigenvalue weighted by Gasteiger charge is -2.15. The monoisotopic (exact) mass is 487 g/mol. The normalized spacial score (nSPS) is 11.2. The third kappa shape index (κ3) is 4.03. The van der Waals surface area contributed by atoms with Crippen LogP contribution in [0.25, 0.3) is 55.3 Å². The molecule has 2 heteroatoms. The number of fused-ring (bicyclic) bond motifs is 3. The Labute approximate surface area is 221 Å². The summed E-state index contributed by atoms with van der Waals surface area (Å²) in [7, 11) is 0. The van der Waals surface area contributed by atoms with Gasteiger partial charge in [-0.15, -0.1) is 0 Å². The lowest BCUT2D eigenvalue weighted by Crippen LogP contribution is -1.95. The molecule has 1 aromatic heterocycles. The molecule has 38 heavy (non-hydrogen) atoms. The van der Waals surface area contributed by atoms with Gasteiger partial charge in [0.15, 0.2) is 0 Å². The second-order valence-corrected chi connectivity index (χ2v) is 9.48. The van der Waals surface area contributed by atoms with E-state index in [-0.39, 0.29) is 0 Å². The maximum absolute atomic E-state index is 6.27. The second kappa shape index (κ2) is 9.42. The van der Waals surface area contributed by atoms with Crippen LogP contribution >= 0.6 is 0 Å². The Morgan fingerprint density at radius 1 is 0.395 bits per heavy atom. The van der Waals surface area contributed by atoms with Gasteiger partial charge in [-0.3, -0.25) is 0 Å². The number of hydrogen-bond acceptors (Lipinski definition) is 2. The van der Waals surface area contributed by atoms with Gasteiger partial charge in [-0.1, -0.05) is 109 Å². The molecule has 6 aromatic carbocycles. The Bertz CT molecular complexity index is 1870. The van der Waals surface area contributed by atoms with E-state index in [2.05, 4.69) is 133 Å². The van der Waals surface area contributed by atoms with E-state index in [0.29, 0.717) is 0 Å². The number of furan rings is 1. The maximum atomic E-state index is 6.27. The highest BCUT2D eigenvalue weighted by Gasteiger charge is 2.15. The van der Waals surface area contributed by atoms with E-state index in [4.69, 9.17) is 4.42 Å². The van der Waals surface area contributed by atoms with E-state index in [9.17, 15) is 0 Å². The van der Waals surface area contributed by atoms with Crippen molar-refractivity contribution < 1.29 is 4.42 Å². The Kier molecular flexibility index (Phi) is 5.49. The van der Waals surface area contributed by atoms with E-state index < -0.39 is 0 Å². The average Bonchev–Trinajstić information content (AvgIpc) is 3.37. The zero-order valence-electron chi connectivity index (χ0n) is 20.8. The molecule has 1 N–H and O–H groups in total. The third-order valence-corrected chi connectivity index (χ3v) is 7.08. The van der Waals surface area contributed by atoms with Gasteiger partial charge in [0.05, 0.1) is 11.1 Å². The van der Waals surface area contributed by atoms with Crippen molar-refractivity contribution in [1.29, 1.82) is 0 Å². The molecular formula is C36H25NO. The predicted octanol–water partition coefficient (Wildman–Crippen LogP) is 10.3. The first kappa shape index (κ1) is 22.1. The van der Waals surface area contributed by atoms with Gasteiger partial charge in [0.2, 0.25) is 0 Å². The summed E-state index contributed by atoms with van der Waals surface area (Å²) in [6.07, 6.45) is 0. The van der Waals surface area contributed by atoms with Crippen LogP contribution in [0.4, 0.5) is 11.4 Å². The summed E-state index contributed by atoms with van der Waals surface area (Å²) in [5.74, 6) is 0. The molecule has 0 atom stereocenters. The molecule has 180 valence electrons. The van der Waals surface area contributed by atoms with Crippen LogP contribution in [0.2, 0.25) is 0 Å². The SMILES string of the molecule is c1ccc(-c2ccc(Nc3cccc4oc5ccc(-c6ccccc6)cc5c34)c(-c3ccccc3)c2)cc1. The van der Waals surface area contributed by atoms with Gasteiger partial charge < -0.3 is 9.73 Å². The molecule has 1 heterocycles. The van der Waals surface area contributed by atoms with E-state index in [0.717, 1.165) is 38.9 Å². The fourth-order valence-corrected chi connectivity index (χ4v) is 5.21. The van der Waals surface area contributed by atoms with Crippen molar-refractivity contribution in [2.75, 3.05) is 5.32 Å². The third-order valence-electron chi connectivity index (χ3n) is 7.08. The molecule has 0 fully saturated rings. The highest BCUT2D eigenvalue weighted by molar-refractivity contribution is 6.13. The van der Waals surface area contributed by atoms with E-state index in [1.54, 1.807) is 0 Å². The fraction of sp³-hybridized carbons (Fsp3) is 0. The summed E-state index contributed by atoms with van der Waals surface area (Å²) in [6.45, 7) is 0. The molecule has 2 nitrogen and oxygen atoms in total.